The predicted octanol–water partition coefficient (Wildman–Crippen LogP) is 1.40. The van der Waals surface area contributed by atoms with Crippen molar-refractivity contribution in [1.29, 1.82) is 0 Å². The second kappa shape index (κ2) is 7.54. The van der Waals surface area contributed by atoms with Gasteiger partial charge in [-0.2, -0.15) is 10.2 Å². The van der Waals surface area contributed by atoms with E-state index in [1.54, 1.807) is 37.8 Å². The number of aromatic nitrogens is 7. The van der Waals surface area contributed by atoms with Gasteiger partial charge in [-0.1, -0.05) is 12.1 Å². The van der Waals surface area contributed by atoms with Crippen molar-refractivity contribution in [3.05, 3.63) is 73.9 Å². The minimum atomic E-state index is -0.482. The highest BCUT2D eigenvalue weighted by molar-refractivity contribution is 6.09. The van der Waals surface area contributed by atoms with E-state index in [1.165, 1.54) is 34.4 Å². The molecule has 0 atom stereocenters. The summed E-state index contributed by atoms with van der Waals surface area (Å²) in [5.41, 5.74) is 1.62. The van der Waals surface area contributed by atoms with Crippen molar-refractivity contribution in [2.24, 2.45) is 21.1 Å². The van der Waals surface area contributed by atoms with Crippen LogP contribution in [0, 0.1) is 12.7 Å². The Morgan fingerprint density at radius 1 is 1.09 bits per heavy atom. The number of aromatic amines is 1. The molecule has 5 rings (SSSR count). The molecule has 12 heteroatoms. The van der Waals surface area contributed by atoms with Crippen LogP contribution in [-0.4, -0.2) is 39.6 Å². The molecular formula is C22H21FN8O3. The molecule has 1 amide bonds. The molecule has 0 bridgehead atoms. The minimum Gasteiger partial charge on any atom is -0.325 e. The maximum Gasteiger partial charge on any atom is 0.332 e. The minimum absolute atomic E-state index is 0.201. The zero-order valence-corrected chi connectivity index (χ0v) is 18.9. The Morgan fingerprint density at radius 3 is 2.50 bits per heavy atom. The molecule has 5 aromatic rings. The Labute approximate surface area is 191 Å². The second-order valence-corrected chi connectivity index (χ2v) is 8.15. The third-order valence-electron chi connectivity index (χ3n) is 5.97. The van der Waals surface area contributed by atoms with Gasteiger partial charge >= 0.3 is 5.69 Å². The van der Waals surface area contributed by atoms with Crippen molar-refractivity contribution in [2.75, 3.05) is 5.32 Å². The summed E-state index contributed by atoms with van der Waals surface area (Å²) < 4.78 is 18.7. The fourth-order valence-corrected chi connectivity index (χ4v) is 4.24. The van der Waals surface area contributed by atoms with Gasteiger partial charge in [-0.25, -0.2) is 13.9 Å². The summed E-state index contributed by atoms with van der Waals surface area (Å²) >= 11 is 0. The molecule has 4 aromatic heterocycles. The zero-order chi connectivity index (χ0) is 24.3. The molecule has 0 aliphatic heterocycles. The van der Waals surface area contributed by atoms with Gasteiger partial charge in [0, 0.05) is 21.1 Å². The Bertz CT molecular complexity index is 1720. The van der Waals surface area contributed by atoms with E-state index in [0.29, 0.717) is 34.7 Å². The molecule has 2 N–H and O–H groups in total. The number of aryl methyl sites for hydroxylation is 3. The van der Waals surface area contributed by atoms with Gasteiger partial charge in [-0.3, -0.25) is 23.8 Å². The fourth-order valence-electron chi connectivity index (χ4n) is 4.24. The molecule has 0 spiro atoms. The number of fused-ring (bicyclic) bond motifs is 2. The highest BCUT2D eigenvalue weighted by Crippen LogP contribution is 2.25. The van der Waals surface area contributed by atoms with Crippen molar-refractivity contribution in [3.8, 4) is 0 Å². The molecule has 0 fully saturated rings. The van der Waals surface area contributed by atoms with E-state index >= 15 is 0 Å². The smallest absolute Gasteiger partial charge is 0.325 e. The summed E-state index contributed by atoms with van der Waals surface area (Å²) in [5.74, 6) is -0.444. The molecule has 1 aromatic carbocycles. The third kappa shape index (κ3) is 3.14. The van der Waals surface area contributed by atoms with Gasteiger partial charge < -0.3 is 9.88 Å². The Morgan fingerprint density at radius 2 is 1.79 bits per heavy atom. The second-order valence-electron chi connectivity index (χ2n) is 8.15. The highest BCUT2D eigenvalue weighted by Gasteiger charge is 2.22. The lowest BCUT2D eigenvalue weighted by Crippen LogP contribution is -2.37. The van der Waals surface area contributed by atoms with Gasteiger partial charge in [0.25, 0.3) is 11.5 Å². The number of nitrogens with one attached hydrogen (secondary N) is 2. The SMILES string of the molecule is Cc1nn(Cc2ccc(F)cc2)c2n[nH]c(NC(=O)c3cc4c(=O)n(C)c(=O)n(C)c4n3C)c12. The highest BCUT2D eigenvalue weighted by atomic mass is 19.1. The average Bonchev–Trinajstić information content (AvgIpc) is 3.47. The van der Waals surface area contributed by atoms with Gasteiger partial charge in [-0.15, -0.1) is 0 Å². The number of amides is 1. The van der Waals surface area contributed by atoms with Gasteiger partial charge in [0.05, 0.1) is 23.0 Å². The molecular weight excluding hydrogens is 443 g/mol. The number of halogens is 1. The van der Waals surface area contributed by atoms with Gasteiger partial charge in [0.15, 0.2) is 5.65 Å². The molecule has 0 aliphatic rings. The maximum absolute atomic E-state index is 13.2. The van der Waals surface area contributed by atoms with Gasteiger partial charge in [0.2, 0.25) is 0 Å². The molecule has 11 nitrogen and oxygen atoms in total. The summed E-state index contributed by atoms with van der Waals surface area (Å²) in [4.78, 5) is 38.0. The number of H-pyrrole nitrogens is 1. The van der Waals surface area contributed by atoms with Crippen molar-refractivity contribution in [1.82, 2.24) is 33.7 Å². The van der Waals surface area contributed by atoms with Gasteiger partial charge in [-0.05, 0) is 30.7 Å². The molecule has 0 radical (unpaired) electrons. The molecule has 0 saturated heterocycles. The zero-order valence-electron chi connectivity index (χ0n) is 18.9. The first kappa shape index (κ1) is 21.4. The van der Waals surface area contributed by atoms with Crippen molar-refractivity contribution >= 4 is 33.8 Å². The Balaban J connectivity index is 1.51. The first-order valence-corrected chi connectivity index (χ1v) is 10.4. The molecule has 0 unspecified atom stereocenters. The maximum atomic E-state index is 13.2. The summed E-state index contributed by atoms with van der Waals surface area (Å²) in [6.07, 6.45) is 0. The molecule has 0 saturated carbocycles. The third-order valence-corrected chi connectivity index (χ3v) is 5.97. The quantitative estimate of drug-likeness (QED) is 0.416. The fraction of sp³-hybridized carbons (Fsp3) is 0.227. The van der Waals surface area contributed by atoms with Crippen molar-refractivity contribution in [2.45, 2.75) is 13.5 Å². The summed E-state index contributed by atoms with van der Waals surface area (Å²) in [5, 5.41) is 15.3. The summed E-state index contributed by atoms with van der Waals surface area (Å²) in [6.45, 7) is 2.17. The van der Waals surface area contributed by atoms with Crippen LogP contribution in [0.3, 0.4) is 0 Å². The van der Waals surface area contributed by atoms with E-state index < -0.39 is 17.2 Å². The standard InChI is InChI=1S/C22H21FN8O3/c1-11-16-17(25-26-18(16)31(27-11)10-12-5-7-13(23)8-6-12)24-19(32)15-9-14-20(28(15)2)29(3)22(34)30(4)21(14)33/h5-9H,10H2,1-4H3,(H2,24,25,26,32). The molecule has 0 aliphatic carbocycles. The first-order chi connectivity index (χ1) is 16.2. The predicted molar refractivity (Wildman–Crippen MR) is 123 cm³/mol. The lowest BCUT2D eigenvalue weighted by Gasteiger charge is -2.08. The number of hydrogen-bond acceptors (Lipinski definition) is 5. The van der Waals surface area contributed by atoms with E-state index in [2.05, 4.69) is 20.6 Å². The molecule has 174 valence electrons. The van der Waals surface area contributed by atoms with Crippen LogP contribution >= 0.6 is 0 Å². The topological polar surface area (TPSA) is 125 Å². The van der Waals surface area contributed by atoms with Crippen LogP contribution in [0.25, 0.3) is 22.1 Å². The van der Waals surface area contributed by atoms with E-state index in [9.17, 15) is 18.8 Å². The largest absolute Gasteiger partial charge is 0.332 e. The van der Waals surface area contributed by atoms with Crippen LogP contribution < -0.4 is 16.6 Å². The molecule has 34 heavy (non-hydrogen) atoms. The van der Waals surface area contributed by atoms with Crippen LogP contribution in [0.2, 0.25) is 0 Å². The van der Waals surface area contributed by atoms with E-state index in [4.69, 9.17) is 0 Å². The number of carbonyl (C=O) groups is 1. The number of nitrogens with zero attached hydrogens (tertiary/aromatic N) is 6. The van der Waals surface area contributed by atoms with Crippen LogP contribution in [0.4, 0.5) is 10.2 Å². The molecule has 4 heterocycles. The summed E-state index contributed by atoms with van der Waals surface area (Å²) in [6, 6.07) is 7.57. The lowest BCUT2D eigenvalue weighted by molar-refractivity contribution is 0.101. The van der Waals surface area contributed by atoms with Crippen LogP contribution in [0.1, 0.15) is 21.7 Å². The number of hydrogen-bond donors (Lipinski definition) is 2. The van der Waals surface area contributed by atoms with E-state index in [0.717, 1.165) is 10.1 Å². The van der Waals surface area contributed by atoms with Crippen LogP contribution in [0.5, 0.6) is 0 Å². The Hall–Kier alpha value is -4.48. The van der Waals surface area contributed by atoms with Crippen LogP contribution in [-0.2, 0) is 27.7 Å². The normalized spacial score (nSPS) is 11.6. The number of anilines is 1. The number of rotatable bonds is 4. The summed E-state index contributed by atoms with van der Waals surface area (Å²) in [7, 11) is 4.55. The number of carbonyl (C=O) groups excluding carboxylic acids is 1. The van der Waals surface area contributed by atoms with Crippen molar-refractivity contribution in [3.63, 3.8) is 0 Å². The van der Waals surface area contributed by atoms with Crippen molar-refractivity contribution < 1.29 is 9.18 Å². The Kier molecular flexibility index (Phi) is 4.74. The lowest BCUT2D eigenvalue weighted by atomic mass is 10.2. The monoisotopic (exact) mass is 464 g/mol. The van der Waals surface area contributed by atoms with Gasteiger partial charge in [0.1, 0.15) is 23.0 Å². The van der Waals surface area contributed by atoms with E-state index in [-0.39, 0.29) is 16.9 Å². The number of benzene rings is 1. The average molecular weight is 464 g/mol. The van der Waals surface area contributed by atoms with Crippen LogP contribution in [0.15, 0.2) is 39.9 Å². The van der Waals surface area contributed by atoms with E-state index in [1.807, 2.05) is 0 Å². The first-order valence-electron chi connectivity index (χ1n) is 10.4.